The van der Waals surface area contributed by atoms with Gasteiger partial charge < -0.3 is 18.4 Å². The molecule has 0 aliphatic rings. The molecule has 0 spiro atoms. The first-order chi connectivity index (χ1) is 6.45. The Morgan fingerprint density at radius 2 is 1.43 bits per heavy atom. The topological polar surface area (TPSA) is 47.9 Å². The summed E-state index contributed by atoms with van der Waals surface area (Å²) in [4.78, 5) is 0. The largest absolute Gasteiger partial charge is 0.418 e. The minimum Gasteiger partial charge on any atom is -0.418 e. The molecule has 0 aromatic heterocycles. The summed E-state index contributed by atoms with van der Waals surface area (Å²) in [5, 5.41) is 9.20. The van der Waals surface area contributed by atoms with Crippen LogP contribution in [0.4, 0.5) is 0 Å². The molecule has 0 aromatic rings. The van der Waals surface area contributed by atoms with Crippen LogP contribution in [0.25, 0.3) is 0 Å². The van der Waals surface area contributed by atoms with E-state index in [4.69, 9.17) is 13.3 Å². The van der Waals surface area contributed by atoms with E-state index in [2.05, 4.69) is 0 Å². The van der Waals surface area contributed by atoms with Gasteiger partial charge in [-0.15, -0.1) is 0 Å². The van der Waals surface area contributed by atoms with Gasteiger partial charge >= 0.3 is 8.56 Å². The third-order valence-corrected chi connectivity index (χ3v) is 9.15. The Morgan fingerprint density at radius 3 is 1.71 bits per heavy atom. The summed E-state index contributed by atoms with van der Waals surface area (Å²) >= 11 is 0. The van der Waals surface area contributed by atoms with Gasteiger partial charge in [0, 0.05) is 21.3 Å². The summed E-state index contributed by atoms with van der Waals surface area (Å²) in [5.41, 5.74) is 0. The molecule has 0 rings (SSSR count). The van der Waals surface area contributed by atoms with Crippen LogP contribution < -0.4 is 0 Å². The standard InChI is InChI=1S/C8H22O4Si2/c1-10-13(4,8-9)6-7-14(5,11-2)12-3/h9H,6-8H2,1-5H3. The van der Waals surface area contributed by atoms with Gasteiger partial charge in [0.25, 0.3) is 0 Å². The maximum atomic E-state index is 9.20. The van der Waals surface area contributed by atoms with Crippen molar-refractivity contribution in [3.63, 3.8) is 0 Å². The molecule has 0 saturated heterocycles. The second kappa shape index (κ2) is 5.99. The predicted octanol–water partition coefficient (Wildman–Crippen LogP) is 1.10. The molecule has 1 unspecified atom stereocenters. The van der Waals surface area contributed by atoms with Gasteiger partial charge in [0.2, 0.25) is 8.32 Å². The molecule has 4 nitrogen and oxygen atoms in total. The Labute approximate surface area is 88.6 Å². The van der Waals surface area contributed by atoms with Crippen molar-refractivity contribution < 1.29 is 18.4 Å². The van der Waals surface area contributed by atoms with E-state index in [1.165, 1.54) is 0 Å². The lowest BCUT2D eigenvalue weighted by atomic mass is 10.9. The Morgan fingerprint density at radius 1 is 0.929 bits per heavy atom. The fourth-order valence-corrected chi connectivity index (χ4v) is 6.02. The first-order valence-electron chi connectivity index (χ1n) is 4.71. The van der Waals surface area contributed by atoms with Gasteiger partial charge in [-0.1, -0.05) is 0 Å². The lowest BCUT2D eigenvalue weighted by Crippen LogP contribution is -2.43. The number of aliphatic hydroxyl groups is 1. The van der Waals surface area contributed by atoms with Crippen molar-refractivity contribution in [3.05, 3.63) is 0 Å². The van der Waals surface area contributed by atoms with Crippen molar-refractivity contribution in [1.82, 2.24) is 0 Å². The highest BCUT2D eigenvalue weighted by atomic mass is 28.4. The molecule has 1 N–H and O–H groups in total. The lowest BCUT2D eigenvalue weighted by Gasteiger charge is -2.28. The Hall–Kier alpha value is 0.274. The van der Waals surface area contributed by atoms with Crippen LogP contribution in [0.3, 0.4) is 0 Å². The van der Waals surface area contributed by atoms with E-state index in [-0.39, 0.29) is 6.23 Å². The summed E-state index contributed by atoms with van der Waals surface area (Å²) in [7, 11) is 1.12. The molecule has 0 radical (unpaired) electrons. The highest BCUT2D eigenvalue weighted by Crippen LogP contribution is 2.21. The van der Waals surface area contributed by atoms with Gasteiger partial charge in [-0.25, -0.2) is 0 Å². The Kier molecular flexibility index (Phi) is 6.11. The smallest absolute Gasteiger partial charge is 0.334 e. The van der Waals surface area contributed by atoms with E-state index in [1.807, 2.05) is 13.1 Å². The van der Waals surface area contributed by atoms with Crippen LogP contribution in [0.1, 0.15) is 0 Å². The van der Waals surface area contributed by atoms with Crippen LogP contribution in [0, 0.1) is 0 Å². The van der Waals surface area contributed by atoms with E-state index < -0.39 is 16.9 Å². The second-order valence-corrected chi connectivity index (χ2v) is 11.6. The fourth-order valence-electron chi connectivity index (χ4n) is 1.02. The second-order valence-electron chi connectivity index (χ2n) is 3.85. The quantitative estimate of drug-likeness (QED) is 0.675. The molecule has 1 atom stereocenters. The molecular weight excluding hydrogens is 216 g/mol. The summed E-state index contributed by atoms with van der Waals surface area (Å²) in [6.07, 6.45) is 0.154. The molecule has 0 aromatic carbocycles. The molecule has 0 heterocycles. The summed E-state index contributed by atoms with van der Waals surface area (Å²) in [5.74, 6) is 0. The minimum atomic E-state index is -2.00. The summed E-state index contributed by atoms with van der Waals surface area (Å²) < 4.78 is 16.1. The van der Waals surface area contributed by atoms with E-state index in [0.29, 0.717) is 0 Å². The molecule has 86 valence electrons. The zero-order chi connectivity index (χ0) is 11.2. The van der Waals surface area contributed by atoms with Crippen LogP contribution in [0.5, 0.6) is 0 Å². The van der Waals surface area contributed by atoms with Crippen molar-refractivity contribution in [1.29, 1.82) is 0 Å². The molecule has 0 fully saturated rings. The van der Waals surface area contributed by atoms with Crippen LogP contribution in [-0.4, -0.2) is 49.5 Å². The SMILES string of the molecule is CO[Si](C)(CO)CC[Si](C)(OC)OC. The van der Waals surface area contributed by atoms with Crippen LogP contribution in [0.15, 0.2) is 0 Å². The molecule has 0 saturated carbocycles. The maximum absolute atomic E-state index is 9.20. The average Bonchev–Trinajstić information content (AvgIpc) is 2.25. The van der Waals surface area contributed by atoms with Crippen LogP contribution >= 0.6 is 0 Å². The fraction of sp³-hybridized carbons (Fsp3) is 1.00. The van der Waals surface area contributed by atoms with Crippen molar-refractivity contribution in [3.8, 4) is 0 Å². The molecule has 0 amide bonds. The molecule has 14 heavy (non-hydrogen) atoms. The van der Waals surface area contributed by atoms with Gasteiger partial charge in [-0.2, -0.15) is 0 Å². The van der Waals surface area contributed by atoms with Gasteiger partial charge in [0.05, 0.1) is 6.23 Å². The molecular formula is C8H22O4Si2. The number of rotatable bonds is 7. The zero-order valence-corrected chi connectivity index (χ0v) is 11.8. The first kappa shape index (κ1) is 14.3. The van der Waals surface area contributed by atoms with Crippen molar-refractivity contribution in [2.45, 2.75) is 25.2 Å². The van der Waals surface area contributed by atoms with Gasteiger partial charge in [0.1, 0.15) is 0 Å². The third kappa shape index (κ3) is 4.20. The molecule has 0 bridgehead atoms. The maximum Gasteiger partial charge on any atom is 0.334 e. The number of hydrogen-bond donors (Lipinski definition) is 1. The van der Waals surface area contributed by atoms with E-state index >= 15 is 0 Å². The molecule has 0 aliphatic carbocycles. The molecule has 6 heteroatoms. The van der Waals surface area contributed by atoms with Gasteiger partial charge in [0.15, 0.2) is 0 Å². The minimum absolute atomic E-state index is 0.154. The first-order valence-corrected chi connectivity index (χ1v) is 10.1. The monoisotopic (exact) mass is 238 g/mol. The van der Waals surface area contributed by atoms with Crippen LogP contribution in [-0.2, 0) is 13.3 Å². The van der Waals surface area contributed by atoms with E-state index in [0.717, 1.165) is 12.1 Å². The number of aliphatic hydroxyl groups excluding tert-OH is 1. The summed E-state index contributed by atoms with van der Waals surface area (Å²) in [6, 6.07) is 1.75. The Balaban J connectivity index is 4.14. The third-order valence-electron chi connectivity index (χ3n) is 2.80. The Bertz CT molecular complexity index is 139. The van der Waals surface area contributed by atoms with Crippen molar-refractivity contribution in [2.75, 3.05) is 27.6 Å². The highest BCUT2D eigenvalue weighted by Gasteiger charge is 2.35. The van der Waals surface area contributed by atoms with Crippen LogP contribution in [0.2, 0.25) is 25.2 Å². The summed E-state index contributed by atoms with van der Waals surface area (Å²) in [6.45, 7) is 4.04. The normalized spacial score (nSPS) is 16.7. The number of hydrogen-bond acceptors (Lipinski definition) is 4. The van der Waals surface area contributed by atoms with Crippen molar-refractivity contribution in [2.24, 2.45) is 0 Å². The zero-order valence-electron chi connectivity index (χ0n) is 9.79. The van der Waals surface area contributed by atoms with Crippen molar-refractivity contribution >= 4 is 16.9 Å². The van der Waals surface area contributed by atoms with Gasteiger partial charge in [-0.05, 0) is 25.2 Å². The van der Waals surface area contributed by atoms with E-state index in [9.17, 15) is 5.11 Å². The highest BCUT2D eigenvalue weighted by molar-refractivity contribution is 6.75. The van der Waals surface area contributed by atoms with Gasteiger partial charge in [-0.3, -0.25) is 0 Å². The predicted molar refractivity (Wildman–Crippen MR) is 61.0 cm³/mol. The lowest BCUT2D eigenvalue weighted by molar-refractivity contribution is 0.249. The van der Waals surface area contributed by atoms with E-state index in [1.54, 1.807) is 21.3 Å². The molecule has 0 aliphatic heterocycles. The average molecular weight is 238 g/mol.